The van der Waals surface area contributed by atoms with Crippen molar-refractivity contribution in [2.24, 2.45) is 5.92 Å². The molecular formula is C22H23ClFNO5S. The highest BCUT2D eigenvalue weighted by Crippen LogP contribution is 2.56. The van der Waals surface area contributed by atoms with Crippen molar-refractivity contribution in [3.05, 3.63) is 58.4 Å². The first-order valence-electron chi connectivity index (χ1n) is 9.97. The summed E-state index contributed by atoms with van der Waals surface area (Å²) >= 11 is 5.96. The van der Waals surface area contributed by atoms with Gasteiger partial charge < -0.3 is 14.8 Å². The largest absolute Gasteiger partial charge is 0.492 e. The molecule has 1 N–H and O–H groups in total. The molecule has 1 amide bonds. The van der Waals surface area contributed by atoms with Crippen molar-refractivity contribution < 1.29 is 27.1 Å². The number of sulfone groups is 1. The number of hydrogen-bond donors (Lipinski definition) is 1. The summed E-state index contributed by atoms with van der Waals surface area (Å²) in [5, 5.41) is 3.16. The first-order valence-corrected chi connectivity index (χ1v) is 11.8. The number of alkyl carbamates (subject to hydrolysis) is 1. The van der Waals surface area contributed by atoms with Crippen molar-refractivity contribution in [1.29, 1.82) is 0 Å². The van der Waals surface area contributed by atoms with Crippen LogP contribution in [0.25, 0.3) is 0 Å². The Kier molecular flexibility index (Phi) is 5.64. The number of carbonyl (C=O) groups excluding carboxylic acids is 1. The summed E-state index contributed by atoms with van der Waals surface area (Å²) in [6.45, 7) is 1.87. The van der Waals surface area contributed by atoms with Crippen LogP contribution in [0, 0.1) is 18.7 Å². The molecule has 31 heavy (non-hydrogen) atoms. The number of benzene rings is 2. The number of halogens is 2. The SMILES string of the molecule is COC(=O)N[C@@H]1CC[C@@]2(S(=O)(=O)c3ccc(Cl)cc3)c3c(F)ccc(C)c3OC[C@H]2C1. The van der Waals surface area contributed by atoms with Crippen molar-refractivity contribution >= 4 is 27.5 Å². The van der Waals surface area contributed by atoms with Gasteiger partial charge in [-0.2, -0.15) is 0 Å². The van der Waals surface area contributed by atoms with Crippen LogP contribution in [-0.4, -0.2) is 34.3 Å². The first-order chi connectivity index (χ1) is 14.7. The van der Waals surface area contributed by atoms with Gasteiger partial charge in [-0.1, -0.05) is 17.7 Å². The van der Waals surface area contributed by atoms with Crippen molar-refractivity contribution in [2.45, 2.75) is 41.9 Å². The van der Waals surface area contributed by atoms with Crippen LogP contribution < -0.4 is 10.1 Å². The first kappa shape index (κ1) is 21.9. The summed E-state index contributed by atoms with van der Waals surface area (Å²) in [4.78, 5) is 11.8. The van der Waals surface area contributed by atoms with Crippen molar-refractivity contribution in [1.82, 2.24) is 5.32 Å². The Balaban J connectivity index is 1.89. The Bertz CT molecular complexity index is 1120. The lowest BCUT2D eigenvalue weighted by molar-refractivity contribution is 0.106. The molecule has 0 aromatic heterocycles. The number of aryl methyl sites for hydroxylation is 1. The number of fused-ring (bicyclic) bond motifs is 3. The van der Waals surface area contributed by atoms with Gasteiger partial charge in [0.1, 0.15) is 16.3 Å². The Morgan fingerprint density at radius 2 is 1.97 bits per heavy atom. The van der Waals surface area contributed by atoms with Gasteiger partial charge in [0.2, 0.25) is 0 Å². The molecule has 2 aliphatic rings. The van der Waals surface area contributed by atoms with Crippen LogP contribution in [0.15, 0.2) is 41.3 Å². The number of methoxy groups -OCH3 is 1. The van der Waals surface area contributed by atoms with Crippen LogP contribution in [0.5, 0.6) is 5.75 Å². The maximum atomic E-state index is 15.3. The number of rotatable bonds is 3. The van der Waals surface area contributed by atoms with Gasteiger partial charge in [0.05, 0.1) is 24.2 Å². The molecule has 0 radical (unpaired) electrons. The molecule has 0 bridgehead atoms. The Labute approximate surface area is 185 Å². The molecule has 0 spiro atoms. The molecule has 1 heterocycles. The minimum atomic E-state index is -4.03. The van der Waals surface area contributed by atoms with E-state index in [1.54, 1.807) is 13.0 Å². The molecule has 6 nitrogen and oxygen atoms in total. The highest BCUT2D eigenvalue weighted by Gasteiger charge is 2.59. The van der Waals surface area contributed by atoms with Gasteiger partial charge in [0.25, 0.3) is 0 Å². The fourth-order valence-electron chi connectivity index (χ4n) is 4.87. The normalized spacial score (nSPS) is 25.0. The summed E-state index contributed by atoms with van der Waals surface area (Å²) in [6, 6.07) is 8.49. The number of amides is 1. The van der Waals surface area contributed by atoms with Crippen LogP contribution >= 0.6 is 11.6 Å². The van der Waals surface area contributed by atoms with E-state index in [2.05, 4.69) is 10.1 Å². The molecule has 3 atom stereocenters. The van der Waals surface area contributed by atoms with Gasteiger partial charge in [-0.05, 0) is 62.1 Å². The summed E-state index contributed by atoms with van der Waals surface area (Å²) in [5.41, 5.74) is 0.755. The van der Waals surface area contributed by atoms with Gasteiger partial charge >= 0.3 is 6.09 Å². The summed E-state index contributed by atoms with van der Waals surface area (Å²) < 4.78 is 52.5. The van der Waals surface area contributed by atoms with E-state index in [-0.39, 0.29) is 35.3 Å². The lowest BCUT2D eigenvalue weighted by atomic mass is 9.71. The van der Waals surface area contributed by atoms with Gasteiger partial charge in [0, 0.05) is 17.0 Å². The average Bonchev–Trinajstić information content (AvgIpc) is 2.75. The van der Waals surface area contributed by atoms with E-state index in [0.717, 1.165) is 0 Å². The second-order valence-corrected chi connectivity index (χ2v) is 10.7. The zero-order chi connectivity index (χ0) is 22.4. The third-order valence-corrected chi connectivity index (χ3v) is 9.20. The maximum Gasteiger partial charge on any atom is 0.407 e. The molecule has 1 aliphatic heterocycles. The second-order valence-electron chi connectivity index (χ2n) is 8.03. The van der Waals surface area contributed by atoms with E-state index in [0.29, 0.717) is 23.4 Å². The lowest BCUT2D eigenvalue weighted by Crippen LogP contribution is -2.55. The van der Waals surface area contributed by atoms with Crippen molar-refractivity contribution in [3.8, 4) is 5.75 Å². The maximum absolute atomic E-state index is 15.3. The van der Waals surface area contributed by atoms with E-state index >= 15 is 4.39 Å². The molecule has 1 saturated carbocycles. The van der Waals surface area contributed by atoms with Crippen LogP contribution in [-0.2, 0) is 19.3 Å². The molecule has 0 saturated heterocycles. The predicted molar refractivity (Wildman–Crippen MR) is 114 cm³/mol. The van der Waals surface area contributed by atoms with Gasteiger partial charge in [-0.15, -0.1) is 0 Å². The minimum Gasteiger partial charge on any atom is -0.492 e. The third kappa shape index (κ3) is 3.46. The zero-order valence-electron chi connectivity index (χ0n) is 17.2. The highest BCUT2D eigenvalue weighted by molar-refractivity contribution is 7.92. The molecule has 1 fully saturated rings. The van der Waals surface area contributed by atoms with Crippen molar-refractivity contribution in [3.63, 3.8) is 0 Å². The van der Waals surface area contributed by atoms with Crippen LogP contribution in [0.2, 0.25) is 5.02 Å². The molecular weight excluding hydrogens is 445 g/mol. The predicted octanol–water partition coefficient (Wildman–Crippen LogP) is 4.37. The van der Waals surface area contributed by atoms with Gasteiger partial charge in [-0.3, -0.25) is 0 Å². The number of ether oxygens (including phenoxy) is 2. The van der Waals surface area contributed by atoms with E-state index in [1.807, 2.05) is 0 Å². The van der Waals surface area contributed by atoms with Gasteiger partial charge in [-0.25, -0.2) is 17.6 Å². The smallest absolute Gasteiger partial charge is 0.407 e. The molecule has 2 aromatic carbocycles. The third-order valence-electron chi connectivity index (χ3n) is 6.36. The van der Waals surface area contributed by atoms with E-state index < -0.39 is 32.4 Å². The summed E-state index contributed by atoms with van der Waals surface area (Å²) in [5.74, 6) is -0.886. The van der Waals surface area contributed by atoms with Crippen LogP contribution in [0.3, 0.4) is 0 Å². The molecule has 166 valence electrons. The molecule has 1 aliphatic carbocycles. The summed E-state index contributed by atoms with van der Waals surface area (Å²) in [7, 11) is -2.76. The fraction of sp³-hybridized carbons (Fsp3) is 0.409. The topological polar surface area (TPSA) is 81.7 Å². The summed E-state index contributed by atoms with van der Waals surface area (Å²) in [6.07, 6.45) is 0.214. The average molecular weight is 468 g/mol. The number of hydrogen-bond acceptors (Lipinski definition) is 5. The fourth-order valence-corrected chi connectivity index (χ4v) is 7.36. The highest BCUT2D eigenvalue weighted by atomic mass is 35.5. The standard InChI is InChI=1S/C22H23ClFNO5S/c1-13-3-8-18(24)19-20(13)30-12-14-11-16(25-21(26)29-2)9-10-22(14,19)31(27,28)17-6-4-15(23)5-7-17/h3-8,14,16H,9-12H2,1-2H3,(H,25,26)/t14-,16-,22+/m1/s1. The van der Waals surface area contributed by atoms with E-state index in [1.165, 1.54) is 37.4 Å². The van der Waals surface area contributed by atoms with Crippen molar-refractivity contribution in [2.75, 3.05) is 13.7 Å². The number of nitrogens with one attached hydrogen (secondary N) is 1. The van der Waals surface area contributed by atoms with E-state index in [9.17, 15) is 13.2 Å². The lowest BCUT2D eigenvalue weighted by Gasteiger charge is -2.49. The molecule has 2 aromatic rings. The second kappa shape index (κ2) is 7.98. The minimum absolute atomic E-state index is 0.0787. The monoisotopic (exact) mass is 467 g/mol. The quantitative estimate of drug-likeness (QED) is 0.724. The molecule has 9 heteroatoms. The van der Waals surface area contributed by atoms with E-state index in [4.69, 9.17) is 16.3 Å². The van der Waals surface area contributed by atoms with Crippen LogP contribution in [0.1, 0.15) is 30.4 Å². The zero-order valence-corrected chi connectivity index (χ0v) is 18.7. The molecule has 4 rings (SSSR count). The Morgan fingerprint density at radius 1 is 1.26 bits per heavy atom. The Morgan fingerprint density at radius 3 is 2.65 bits per heavy atom. The Hall–Kier alpha value is -2.32. The van der Waals surface area contributed by atoms with Crippen LogP contribution in [0.4, 0.5) is 9.18 Å². The number of carbonyl (C=O) groups is 1. The molecule has 0 unspecified atom stereocenters. The van der Waals surface area contributed by atoms with Gasteiger partial charge in [0.15, 0.2) is 9.84 Å².